The van der Waals surface area contributed by atoms with Crippen LogP contribution in [0.5, 0.6) is 0 Å². The van der Waals surface area contributed by atoms with Crippen molar-refractivity contribution in [3.05, 3.63) is 52.6 Å². The van der Waals surface area contributed by atoms with Crippen molar-refractivity contribution in [1.29, 1.82) is 0 Å². The molecule has 0 spiro atoms. The minimum absolute atomic E-state index is 0.00888. The van der Waals surface area contributed by atoms with Gasteiger partial charge in [0, 0.05) is 19.4 Å². The third-order valence-electron chi connectivity index (χ3n) is 6.76. The van der Waals surface area contributed by atoms with Gasteiger partial charge in [0.2, 0.25) is 5.95 Å². The number of rotatable bonds is 14. The van der Waals surface area contributed by atoms with E-state index in [1.54, 1.807) is 20.8 Å². The van der Waals surface area contributed by atoms with Crippen LogP contribution >= 0.6 is 20.3 Å². The van der Waals surface area contributed by atoms with Gasteiger partial charge in [-0.25, -0.2) is 10.1 Å². The molecule has 0 bridgehead atoms. The van der Waals surface area contributed by atoms with Crippen molar-refractivity contribution in [3.8, 4) is 0 Å². The molecule has 6 N–H and O–H groups in total. The maximum absolute atomic E-state index is 12.3. The van der Waals surface area contributed by atoms with Crippen LogP contribution in [0, 0.1) is 5.41 Å². The molecule has 5 atom stereocenters. The number of nitrogen functional groups attached to an aromatic ring is 1. The van der Waals surface area contributed by atoms with Gasteiger partial charge in [0.1, 0.15) is 17.8 Å². The van der Waals surface area contributed by atoms with Gasteiger partial charge in [-0.3, -0.25) is 19.1 Å². The molecule has 0 saturated carbocycles. The Morgan fingerprint density at radius 2 is 2.07 bits per heavy atom. The molecule has 3 heterocycles. The zero-order valence-corrected chi connectivity index (χ0v) is 25.6. The Labute approximate surface area is 248 Å². The lowest BCUT2D eigenvalue weighted by molar-refractivity contribution is -0.119. The number of aliphatic hydroxyl groups excluding tert-OH is 1. The van der Waals surface area contributed by atoms with Crippen LogP contribution in [0.2, 0.25) is 0 Å². The fraction of sp³-hybridized carbons (Fsp3) is 0.538. The maximum Gasteiger partial charge on any atom is 0.280 e. The first-order chi connectivity index (χ1) is 20.0. The highest BCUT2D eigenvalue weighted by atomic mass is 32.2. The van der Waals surface area contributed by atoms with Crippen LogP contribution in [0.25, 0.3) is 11.2 Å². The molecule has 0 amide bonds. The zero-order valence-electron chi connectivity index (χ0n) is 23.9. The third kappa shape index (κ3) is 7.36. The molecule has 1 fully saturated rings. The van der Waals surface area contributed by atoms with E-state index in [9.17, 15) is 19.8 Å². The minimum Gasteiger partial charge on any atom is -0.395 e. The Kier molecular flexibility index (Phi) is 10.7. The van der Waals surface area contributed by atoms with Gasteiger partial charge < -0.3 is 34.5 Å². The van der Waals surface area contributed by atoms with Gasteiger partial charge >= 0.3 is 0 Å². The molecule has 14 nitrogen and oxygen atoms in total. The molecule has 0 radical (unpaired) electrons. The molecule has 1 saturated heterocycles. The summed E-state index contributed by atoms with van der Waals surface area (Å²) in [5.74, 6) is 0.278. The predicted octanol–water partition coefficient (Wildman–Crippen LogP) is 1.69. The highest BCUT2D eigenvalue weighted by Crippen LogP contribution is 2.43. The number of carbonyl (C=O) groups is 1. The Hall–Kier alpha value is -2.46. The SMILES string of the molecule is COC1C(COP(NCc2ccccc2)OCCSC(=O)C(C)(C)CO)OC(n2cnc3c(=O)[nH]c(N)nc32)C1(C)O. The maximum atomic E-state index is 12.3. The number of fused-ring (bicyclic) bond motifs is 1. The summed E-state index contributed by atoms with van der Waals surface area (Å²) in [5, 5.41) is 24.1. The van der Waals surface area contributed by atoms with E-state index in [1.807, 2.05) is 30.3 Å². The number of nitrogens with zero attached hydrogens (tertiary/aromatic N) is 3. The molecule has 5 unspecified atom stereocenters. The van der Waals surface area contributed by atoms with E-state index in [4.69, 9.17) is 24.3 Å². The summed E-state index contributed by atoms with van der Waals surface area (Å²) in [7, 11) is -0.191. The fourth-order valence-corrected chi connectivity index (χ4v) is 6.45. The topological polar surface area (TPSA) is 196 Å². The van der Waals surface area contributed by atoms with E-state index in [-0.39, 0.29) is 42.0 Å². The summed E-state index contributed by atoms with van der Waals surface area (Å²) in [6.45, 7) is 5.37. The molecular formula is C26H37N6O8PS. The second-order valence-corrected chi connectivity index (χ2v) is 13.0. The van der Waals surface area contributed by atoms with Gasteiger partial charge in [-0.2, -0.15) is 4.98 Å². The van der Waals surface area contributed by atoms with Gasteiger partial charge in [-0.1, -0.05) is 42.1 Å². The van der Waals surface area contributed by atoms with Crippen molar-refractivity contribution in [2.24, 2.45) is 5.41 Å². The van der Waals surface area contributed by atoms with Crippen molar-refractivity contribution in [2.75, 3.05) is 38.4 Å². The summed E-state index contributed by atoms with van der Waals surface area (Å²) in [6, 6.07) is 9.72. The first-order valence-electron chi connectivity index (χ1n) is 13.2. The third-order valence-corrected chi connectivity index (χ3v) is 9.16. The second kappa shape index (κ2) is 13.9. The number of nitrogens with one attached hydrogen (secondary N) is 2. The van der Waals surface area contributed by atoms with Crippen LogP contribution in [0.1, 0.15) is 32.6 Å². The number of H-pyrrole nitrogens is 1. The number of nitrogens with two attached hydrogens (primary N) is 1. The molecule has 42 heavy (non-hydrogen) atoms. The molecule has 1 aliphatic heterocycles. The largest absolute Gasteiger partial charge is 0.395 e. The molecule has 0 aliphatic carbocycles. The summed E-state index contributed by atoms with van der Waals surface area (Å²) >= 11 is 1.09. The monoisotopic (exact) mass is 624 g/mol. The number of hydrogen-bond acceptors (Lipinski definition) is 13. The predicted molar refractivity (Wildman–Crippen MR) is 158 cm³/mol. The van der Waals surface area contributed by atoms with E-state index in [0.29, 0.717) is 12.3 Å². The van der Waals surface area contributed by atoms with Crippen molar-refractivity contribution in [1.82, 2.24) is 24.6 Å². The Balaban J connectivity index is 1.44. The average Bonchev–Trinajstić information content (AvgIpc) is 3.49. The van der Waals surface area contributed by atoms with E-state index >= 15 is 0 Å². The lowest BCUT2D eigenvalue weighted by Crippen LogP contribution is -2.45. The van der Waals surface area contributed by atoms with Crippen molar-refractivity contribution < 1.29 is 33.5 Å². The lowest BCUT2D eigenvalue weighted by atomic mass is 9.96. The van der Waals surface area contributed by atoms with E-state index in [1.165, 1.54) is 18.0 Å². The smallest absolute Gasteiger partial charge is 0.280 e. The number of hydrogen-bond donors (Lipinski definition) is 5. The van der Waals surface area contributed by atoms with E-state index < -0.39 is 43.5 Å². The second-order valence-electron chi connectivity index (χ2n) is 10.6. The van der Waals surface area contributed by atoms with Crippen LogP contribution < -0.4 is 16.4 Å². The average molecular weight is 625 g/mol. The molecule has 1 aromatic carbocycles. The number of aromatic amines is 1. The Morgan fingerprint density at radius 1 is 1.33 bits per heavy atom. The fourth-order valence-electron chi connectivity index (χ4n) is 4.41. The van der Waals surface area contributed by atoms with Crippen LogP contribution in [0.15, 0.2) is 41.5 Å². The van der Waals surface area contributed by atoms with Gasteiger partial charge in [0.05, 0.1) is 31.6 Å². The molecule has 16 heteroatoms. The lowest BCUT2D eigenvalue weighted by Gasteiger charge is -2.29. The van der Waals surface area contributed by atoms with Crippen molar-refractivity contribution in [2.45, 2.75) is 51.4 Å². The zero-order chi connectivity index (χ0) is 30.5. The number of methoxy groups -OCH3 is 1. The van der Waals surface area contributed by atoms with E-state index in [0.717, 1.165) is 17.3 Å². The normalized spacial score (nSPS) is 23.4. The number of carbonyl (C=O) groups excluding carboxylic acids is 1. The summed E-state index contributed by atoms with van der Waals surface area (Å²) in [5.41, 5.74) is 4.06. The highest BCUT2D eigenvalue weighted by molar-refractivity contribution is 8.13. The number of ether oxygens (including phenoxy) is 2. The summed E-state index contributed by atoms with van der Waals surface area (Å²) < 4.78 is 25.4. The number of anilines is 1. The highest BCUT2D eigenvalue weighted by Gasteiger charge is 2.55. The Morgan fingerprint density at radius 3 is 2.76 bits per heavy atom. The van der Waals surface area contributed by atoms with Crippen LogP contribution in [-0.2, 0) is 29.9 Å². The van der Waals surface area contributed by atoms with Gasteiger partial charge in [-0.15, -0.1) is 0 Å². The van der Waals surface area contributed by atoms with Gasteiger partial charge in [0.15, 0.2) is 22.5 Å². The minimum atomic E-state index is -1.65. The first-order valence-corrected chi connectivity index (χ1v) is 15.4. The van der Waals surface area contributed by atoms with Crippen molar-refractivity contribution >= 4 is 42.5 Å². The standard InChI is InChI=1S/C26H37N6O8PS/c1-25(2,14-33)23(35)42-11-10-38-41(29-12-16-8-6-5-7-9-16)39-13-17-19(37-4)26(3,36)22(40-17)32-15-28-18-20(32)30-24(27)31-21(18)34/h5-9,15,17,19,22,29,33,36H,10-14H2,1-4H3,(H3,27,30,31,34). The number of aliphatic hydroxyl groups is 2. The number of benzene rings is 1. The molecular weight excluding hydrogens is 587 g/mol. The van der Waals surface area contributed by atoms with Crippen LogP contribution in [-0.4, -0.2) is 85.3 Å². The summed E-state index contributed by atoms with van der Waals surface area (Å²) in [6.07, 6.45) is -1.22. The van der Waals surface area contributed by atoms with Crippen molar-refractivity contribution in [3.63, 3.8) is 0 Å². The van der Waals surface area contributed by atoms with Gasteiger partial charge in [0.25, 0.3) is 14.1 Å². The van der Waals surface area contributed by atoms with Gasteiger partial charge in [-0.05, 0) is 26.3 Å². The number of imidazole rings is 1. The Bertz CT molecular complexity index is 1400. The molecule has 3 aromatic rings. The molecule has 2 aromatic heterocycles. The molecule has 230 valence electrons. The number of thioether (sulfide) groups is 1. The van der Waals surface area contributed by atoms with E-state index in [2.05, 4.69) is 20.0 Å². The first kappa shape index (κ1) is 32.5. The van der Waals surface area contributed by atoms with Crippen LogP contribution in [0.4, 0.5) is 5.95 Å². The quantitative estimate of drug-likeness (QED) is 0.129. The summed E-state index contributed by atoms with van der Waals surface area (Å²) in [4.78, 5) is 35.3. The van der Waals surface area contributed by atoms with Crippen LogP contribution in [0.3, 0.4) is 0 Å². The number of aromatic nitrogens is 4. The molecule has 4 rings (SSSR count). The molecule has 1 aliphatic rings.